The fourth-order valence-electron chi connectivity index (χ4n) is 2.17. The third-order valence-electron chi connectivity index (χ3n) is 3.29. The van der Waals surface area contributed by atoms with E-state index in [1.807, 2.05) is 6.07 Å². The van der Waals surface area contributed by atoms with Gasteiger partial charge in [-0.25, -0.2) is 4.98 Å². The molecular formula is C15H15N5O2. The Morgan fingerprint density at radius 1 is 1.27 bits per heavy atom. The highest BCUT2D eigenvalue weighted by Crippen LogP contribution is 2.05. The molecule has 0 saturated carbocycles. The number of aryl methyl sites for hydroxylation is 2. The Morgan fingerprint density at radius 2 is 2.09 bits per heavy atom. The Labute approximate surface area is 126 Å². The molecule has 0 unspecified atom stereocenters. The van der Waals surface area contributed by atoms with Crippen molar-refractivity contribution in [1.82, 2.24) is 19.3 Å². The maximum absolute atomic E-state index is 12.3. The number of benzene rings is 1. The SMILES string of the molecule is Cn1ccc(NC(=O)CCn2cnc3ccccc3c2=O)n1. The molecule has 2 aromatic heterocycles. The quantitative estimate of drug-likeness (QED) is 0.783. The van der Waals surface area contributed by atoms with Crippen molar-refractivity contribution >= 4 is 22.6 Å². The predicted molar refractivity (Wildman–Crippen MR) is 82.5 cm³/mol. The van der Waals surface area contributed by atoms with Crippen LogP contribution in [0.2, 0.25) is 0 Å². The van der Waals surface area contributed by atoms with Gasteiger partial charge in [0.2, 0.25) is 5.91 Å². The van der Waals surface area contributed by atoms with E-state index in [2.05, 4.69) is 15.4 Å². The first-order valence-corrected chi connectivity index (χ1v) is 6.87. The number of carbonyl (C=O) groups is 1. The molecular weight excluding hydrogens is 282 g/mol. The summed E-state index contributed by atoms with van der Waals surface area (Å²) in [6.07, 6.45) is 3.39. The minimum Gasteiger partial charge on any atom is -0.309 e. The Morgan fingerprint density at radius 3 is 2.86 bits per heavy atom. The number of aromatic nitrogens is 4. The van der Waals surface area contributed by atoms with Crippen LogP contribution in [-0.4, -0.2) is 25.2 Å². The molecule has 0 aliphatic carbocycles. The highest BCUT2D eigenvalue weighted by Gasteiger charge is 2.07. The van der Waals surface area contributed by atoms with Crippen LogP contribution in [0.4, 0.5) is 5.82 Å². The number of anilines is 1. The van der Waals surface area contributed by atoms with Gasteiger partial charge in [0.1, 0.15) is 0 Å². The molecule has 1 amide bonds. The van der Waals surface area contributed by atoms with E-state index in [1.165, 1.54) is 10.9 Å². The summed E-state index contributed by atoms with van der Waals surface area (Å²) in [4.78, 5) is 28.4. The molecule has 1 aromatic carbocycles. The van der Waals surface area contributed by atoms with Crippen molar-refractivity contribution in [3.05, 3.63) is 53.2 Å². The van der Waals surface area contributed by atoms with Crippen molar-refractivity contribution in [2.24, 2.45) is 7.05 Å². The summed E-state index contributed by atoms with van der Waals surface area (Å²) >= 11 is 0. The molecule has 0 fully saturated rings. The van der Waals surface area contributed by atoms with Crippen LogP contribution < -0.4 is 10.9 Å². The van der Waals surface area contributed by atoms with Gasteiger partial charge in [0.05, 0.1) is 17.2 Å². The molecule has 0 atom stereocenters. The number of amides is 1. The molecule has 0 aliphatic heterocycles. The van der Waals surface area contributed by atoms with Crippen LogP contribution in [0, 0.1) is 0 Å². The Kier molecular flexibility index (Phi) is 3.69. The van der Waals surface area contributed by atoms with Crippen molar-refractivity contribution in [3.63, 3.8) is 0 Å². The fraction of sp³-hybridized carbons (Fsp3) is 0.200. The number of hydrogen-bond acceptors (Lipinski definition) is 4. The zero-order valence-corrected chi connectivity index (χ0v) is 12.1. The maximum atomic E-state index is 12.3. The molecule has 0 spiro atoms. The van der Waals surface area contributed by atoms with Crippen LogP contribution in [-0.2, 0) is 18.4 Å². The van der Waals surface area contributed by atoms with E-state index >= 15 is 0 Å². The van der Waals surface area contributed by atoms with Crippen LogP contribution in [0.25, 0.3) is 10.9 Å². The highest BCUT2D eigenvalue weighted by atomic mass is 16.2. The van der Waals surface area contributed by atoms with Gasteiger partial charge in [-0.3, -0.25) is 18.8 Å². The lowest BCUT2D eigenvalue weighted by molar-refractivity contribution is -0.116. The first-order chi connectivity index (χ1) is 10.6. The molecule has 2 heterocycles. The first kappa shape index (κ1) is 14.0. The van der Waals surface area contributed by atoms with E-state index in [0.717, 1.165) is 0 Å². The van der Waals surface area contributed by atoms with Crippen molar-refractivity contribution in [1.29, 1.82) is 0 Å². The summed E-state index contributed by atoms with van der Waals surface area (Å²) in [5.41, 5.74) is 0.512. The van der Waals surface area contributed by atoms with Crippen LogP contribution in [0.3, 0.4) is 0 Å². The number of nitrogens with zero attached hydrogens (tertiary/aromatic N) is 4. The van der Waals surface area contributed by atoms with Gasteiger partial charge in [0, 0.05) is 32.3 Å². The van der Waals surface area contributed by atoms with Gasteiger partial charge in [0.25, 0.3) is 5.56 Å². The van der Waals surface area contributed by atoms with Gasteiger partial charge in [-0.05, 0) is 12.1 Å². The minimum atomic E-state index is -0.196. The summed E-state index contributed by atoms with van der Waals surface area (Å²) in [5, 5.41) is 7.30. The Balaban J connectivity index is 1.70. The van der Waals surface area contributed by atoms with E-state index in [-0.39, 0.29) is 24.4 Å². The summed E-state index contributed by atoms with van der Waals surface area (Å²) in [6.45, 7) is 0.273. The molecule has 0 bridgehead atoms. The molecule has 3 aromatic rings. The lowest BCUT2D eigenvalue weighted by Crippen LogP contribution is -2.23. The van der Waals surface area contributed by atoms with Crippen LogP contribution in [0.5, 0.6) is 0 Å². The van der Waals surface area contributed by atoms with Gasteiger partial charge >= 0.3 is 0 Å². The zero-order chi connectivity index (χ0) is 15.5. The minimum absolute atomic E-state index is 0.142. The van der Waals surface area contributed by atoms with Crippen LogP contribution >= 0.6 is 0 Å². The lowest BCUT2D eigenvalue weighted by atomic mass is 10.2. The first-order valence-electron chi connectivity index (χ1n) is 6.87. The molecule has 7 heteroatoms. The molecule has 0 aliphatic rings. The topological polar surface area (TPSA) is 81.8 Å². The summed E-state index contributed by atoms with van der Waals surface area (Å²) in [7, 11) is 1.77. The van der Waals surface area contributed by atoms with Crippen molar-refractivity contribution in [2.75, 3.05) is 5.32 Å². The Hall–Kier alpha value is -2.96. The van der Waals surface area contributed by atoms with E-state index < -0.39 is 0 Å². The average Bonchev–Trinajstić information content (AvgIpc) is 2.92. The molecule has 1 N–H and O–H groups in total. The second kappa shape index (κ2) is 5.80. The highest BCUT2D eigenvalue weighted by molar-refractivity contribution is 5.89. The number of nitrogens with one attached hydrogen (secondary N) is 1. The average molecular weight is 297 g/mol. The van der Waals surface area contributed by atoms with Gasteiger partial charge in [-0.15, -0.1) is 0 Å². The zero-order valence-electron chi connectivity index (χ0n) is 12.1. The predicted octanol–water partition coefficient (Wildman–Crippen LogP) is 1.16. The smallest absolute Gasteiger partial charge is 0.261 e. The molecule has 7 nitrogen and oxygen atoms in total. The largest absolute Gasteiger partial charge is 0.309 e. The number of carbonyl (C=O) groups excluding carboxylic acids is 1. The second-order valence-electron chi connectivity index (χ2n) is 4.93. The van der Waals surface area contributed by atoms with Crippen LogP contribution in [0.1, 0.15) is 6.42 Å². The Bertz CT molecular complexity index is 881. The summed E-state index contributed by atoms with van der Waals surface area (Å²) in [6, 6.07) is 8.86. The standard InChI is InChI=1S/C15H15N5O2/c1-19-8-6-13(18-19)17-14(21)7-9-20-10-16-12-5-3-2-4-11(12)15(20)22/h2-6,8,10H,7,9H2,1H3,(H,17,18,21). The fourth-order valence-corrected chi connectivity index (χ4v) is 2.17. The van der Waals surface area contributed by atoms with Gasteiger partial charge in [-0.2, -0.15) is 5.10 Å². The summed E-state index contributed by atoms with van der Waals surface area (Å²) < 4.78 is 3.05. The van der Waals surface area contributed by atoms with Crippen LogP contribution in [0.15, 0.2) is 47.7 Å². The van der Waals surface area contributed by atoms with E-state index in [4.69, 9.17) is 0 Å². The van der Waals surface area contributed by atoms with E-state index in [1.54, 1.807) is 42.2 Å². The van der Waals surface area contributed by atoms with E-state index in [9.17, 15) is 9.59 Å². The monoisotopic (exact) mass is 297 g/mol. The van der Waals surface area contributed by atoms with E-state index in [0.29, 0.717) is 16.7 Å². The molecule has 22 heavy (non-hydrogen) atoms. The molecule has 0 saturated heterocycles. The number of hydrogen-bond donors (Lipinski definition) is 1. The molecule has 0 radical (unpaired) electrons. The van der Waals surface area contributed by atoms with Crippen molar-refractivity contribution in [3.8, 4) is 0 Å². The van der Waals surface area contributed by atoms with Gasteiger partial charge in [0.15, 0.2) is 5.82 Å². The summed E-state index contributed by atoms with van der Waals surface area (Å²) in [5.74, 6) is 0.301. The van der Waals surface area contributed by atoms with Crippen molar-refractivity contribution in [2.45, 2.75) is 13.0 Å². The second-order valence-corrected chi connectivity index (χ2v) is 4.93. The van der Waals surface area contributed by atoms with Gasteiger partial charge < -0.3 is 5.32 Å². The lowest BCUT2D eigenvalue weighted by Gasteiger charge is -2.06. The molecule has 3 rings (SSSR count). The third kappa shape index (κ3) is 2.88. The number of rotatable bonds is 4. The van der Waals surface area contributed by atoms with Gasteiger partial charge in [-0.1, -0.05) is 12.1 Å². The number of para-hydroxylation sites is 1. The van der Waals surface area contributed by atoms with Crippen molar-refractivity contribution < 1.29 is 4.79 Å². The molecule has 112 valence electrons. The normalized spacial score (nSPS) is 10.8. The third-order valence-corrected chi connectivity index (χ3v) is 3.29. The number of fused-ring (bicyclic) bond motifs is 1. The maximum Gasteiger partial charge on any atom is 0.261 e.